The van der Waals surface area contributed by atoms with E-state index in [-0.39, 0.29) is 36.1 Å². The largest absolute Gasteiger partial charge is 0.507 e. The third-order valence-electron chi connectivity index (χ3n) is 7.16. The molecule has 0 saturated carbocycles. The molecule has 2 aromatic rings. The number of hydrogen-bond acceptors (Lipinski definition) is 7. The zero-order chi connectivity index (χ0) is 22.4. The van der Waals surface area contributed by atoms with E-state index in [1.165, 1.54) is 13.2 Å². The maximum absolute atomic E-state index is 12.6. The van der Waals surface area contributed by atoms with Gasteiger partial charge in [-0.1, -0.05) is 12.5 Å². The highest BCUT2D eigenvalue weighted by Gasteiger charge is 2.41. The smallest absolute Gasteiger partial charge is 0.309 e. The molecule has 0 spiro atoms. The lowest BCUT2D eigenvalue weighted by molar-refractivity contribution is -0.157. The number of methoxy groups -OCH3 is 1. The van der Waals surface area contributed by atoms with Crippen LogP contribution < -0.4 is 4.74 Å². The zero-order valence-corrected chi connectivity index (χ0v) is 18.2. The Kier molecular flexibility index (Phi) is 5.47. The third-order valence-corrected chi connectivity index (χ3v) is 7.16. The lowest BCUT2D eigenvalue weighted by Gasteiger charge is -2.48. The Hall–Kier alpha value is -2.77. The van der Waals surface area contributed by atoms with Crippen LogP contribution in [0.15, 0.2) is 30.3 Å². The van der Waals surface area contributed by atoms with E-state index in [4.69, 9.17) is 9.47 Å². The van der Waals surface area contributed by atoms with Crippen LogP contribution >= 0.6 is 0 Å². The van der Waals surface area contributed by atoms with Crippen LogP contribution in [-0.2, 0) is 9.53 Å². The third kappa shape index (κ3) is 3.69. The number of aliphatic hydroxyl groups excluding tert-OH is 1. The number of esters is 1. The van der Waals surface area contributed by atoms with Crippen molar-refractivity contribution < 1.29 is 29.6 Å². The molecule has 170 valence electrons. The lowest BCUT2D eigenvalue weighted by atomic mass is 9.81. The van der Waals surface area contributed by atoms with Crippen molar-refractivity contribution in [1.82, 2.24) is 4.90 Å². The van der Waals surface area contributed by atoms with Gasteiger partial charge in [0.1, 0.15) is 11.9 Å². The van der Waals surface area contributed by atoms with E-state index >= 15 is 0 Å². The second kappa shape index (κ2) is 8.30. The molecule has 3 aliphatic rings. The molecule has 5 rings (SSSR count). The average Bonchev–Trinajstić information content (AvgIpc) is 2.78. The number of fused-ring (bicyclic) bond motifs is 9. The Bertz CT molecular complexity index is 1040. The number of aromatic hydroxyl groups is 2. The van der Waals surface area contributed by atoms with Crippen LogP contribution in [0.1, 0.15) is 61.8 Å². The minimum Gasteiger partial charge on any atom is -0.507 e. The highest BCUT2D eigenvalue weighted by molar-refractivity contribution is 5.78. The van der Waals surface area contributed by atoms with Gasteiger partial charge in [0, 0.05) is 30.5 Å². The molecule has 2 aromatic carbocycles. The molecule has 2 saturated heterocycles. The summed E-state index contributed by atoms with van der Waals surface area (Å²) < 4.78 is 11.2. The average molecular weight is 440 g/mol. The molecule has 0 radical (unpaired) electrons. The SMILES string of the molecule is COc1cc2c(cc1O)[C@@H]1C[C@H](C[C@@H]3CCCCN31)OC(=O)C[C@H](O)c1ccc(O)c-2c1. The number of aliphatic hydroxyl groups is 1. The molecule has 2 fully saturated rings. The minimum atomic E-state index is -1.03. The molecule has 0 aliphatic carbocycles. The normalized spacial score (nSPS) is 27.9. The summed E-state index contributed by atoms with van der Waals surface area (Å²) in [6.45, 7) is 0.937. The fourth-order valence-corrected chi connectivity index (χ4v) is 5.62. The van der Waals surface area contributed by atoms with Crippen molar-refractivity contribution in [3.63, 3.8) is 0 Å². The Morgan fingerprint density at radius 3 is 2.72 bits per heavy atom. The molecule has 4 bridgehead atoms. The fourth-order valence-electron chi connectivity index (χ4n) is 5.62. The molecule has 7 nitrogen and oxygen atoms in total. The minimum absolute atomic E-state index is 0.0294. The summed E-state index contributed by atoms with van der Waals surface area (Å²) >= 11 is 0. The van der Waals surface area contributed by atoms with E-state index in [1.54, 1.807) is 24.3 Å². The maximum Gasteiger partial charge on any atom is 0.309 e. The second-order valence-electron chi connectivity index (χ2n) is 9.09. The van der Waals surface area contributed by atoms with E-state index in [9.17, 15) is 20.1 Å². The Balaban J connectivity index is 1.74. The second-order valence-corrected chi connectivity index (χ2v) is 9.09. The monoisotopic (exact) mass is 439 g/mol. The number of ether oxygens (including phenoxy) is 2. The lowest BCUT2D eigenvalue weighted by Crippen LogP contribution is -2.49. The number of phenolic OH excluding ortho intramolecular Hbond substituents is 2. The number of rotatable bonds is 1. The number of carbonyl (C=O) groups excluding carboxylic acids is 1. The fraction of sp³-hybridized carbons (Fsp3) is 0.480. The van der Waals surface area contributed by atoms with E-state index in [0.29, 0.717) is 23.3 Å². The number of carbonyl (C=O) groups is 1. The summed E-state index contributed by atoms with van der Waals surface area (Å²) in [4.78, 5) is 15.1. The number of piperidine rings is 2. The Labute approximate surface area is 187 Å². The topological polar surface area (TPSA) is 99.5 Å². The van der Waals surface area contributed by atoms with Crippen molar-refractivity contribution in [1.29, 1.82) is 0 Å². The van der Waals surface area contributed by atoms with Crippen LogP contribution in [0.4, 0.5) is 0 Å². The van der Waals surface area contributed by atoms with Gasteiger partial charge >= 0.3 is 5.97 Å². The van der Waals surface area contributed by atoms with Crippen LogP contribution in [0.5, 0.6) is 17.2 Å². The molecular weight excluding hydrogens is 410 g/mol. The van der Waals surface area contributed by atoms with E-state index in [1.807, 2.05) is 0 Å². The summed E-state index contributed by atoms with van der Waals surface area (Å²) in [6.07, 6.45) is 3.20. The number of nitrogens with zero attached hydrogens (tertiary/aromatic N) is 1. The molecule has 3 heterocycles. The molecule has 3 aliphatic heterocycles. The van der Waals surface area contributed by atoms with Gasteiger partial charge in [0.2, 0.25) is 0 Å². The first kappa shape index (κ1) is 21.1. The van der Waals surface area contributed by atoms with Crippen molar-refractivity contribution in [2.45, 2.75) is 62.8 Å². The Morgan fingerprint density at radius 2 is 1.91 bits per heavy atom. The zero-order valence-electron chi connectivity index (χ0n) is 18.2. The van der Waals surface area contributed by atoms with Gasteiger partial charge in [-0.3, -0.25) is 9.69 Å². The van der Waals surface area contributed by atoms with Crippen molar-refractivity contribution >= 4 is 5.97 Å². The summed E-state index contributed by atoms with van der Waals surface area (Å²) in [6, 6.07) is 8.51. The maximum atomic E-state index is 12.6. The van der Waals surface area contributed by atoms with Crippen LogP contribution in [0.3, 0.4) is 0 Å². The number of phenols is 2. The van der Waals surface area contributed by atoms with Gasteiger partial charge in [0.15, 0.2) is 11.5 Å². The highest BCUT2D eigenvalue weighted by atomic mass is 16.5. The van der Waals surface area contributed by atoms with E-state index < -0.39 is 12.1 Å². The van der Waals surface area contributed by atoms with Crippen molar-refractivity contribution in [3.05, 3.63) is 41.5 Å². The summed E-state index contributed by atoms with van der Waals surface area (Å²) in [7, 11) is 1.49. The van der Waals surface area contributed by atoms with Crippen LogP contribution in [0.2, 0.25) is 0 Å². The molecule has 7 heteroatoms. The number of hydrogen-bond donors (Lipinski definition) is 3. The van der Waals surface area contributed by atoms with Crippen LogP contribution in [0, 0.1) is 0 Å². The standard InChI is InChI=1S/C25H29NO6/c1-31-24-12-17-18(11-23(24)29)20-10-16(9-15-4-2-3-7-26(15)20)32-25(30)13-22(28)14-5-6-21(27)19(17)8-14/h5-6,8,11-12,15-16,20,22,27-29H,2-4,7,9-10,13H2,1H3/t15-,16-,20-,22-/m0/s1. The van der Waals surface area contributed by atoms with Crippen LogP contribution in [0.25, 0.3) is 11.1 Å². The first-order chi connectivity index (χ1) is 15.4. The van der Waals surface area contributed by atoms with Crippen molar-refractivity contribution in [2.24, 2.45) is 0 Å². The summed E-state index contributed by atoms with van der Waals surface area (Å²) in [5.41, 5.74) is 2.67. The Morgan fingerprint density at radius 1 is 1.06 bits per heavy atom. The van der Waals surface area contributed by atoms with Gasteiger partial charge in [-0.25, -0.2) is 0 Å². The van der Waals surface area contributed by atoms with Gasteiger partial charge < -0.3 is 24.8 Å². The molecule has 32 heavy (non-hydrogen) atoms. The molecule has 3 N–H and O–H groups in total. The van der Waals surface area contributed by atoms with Gasteiger partial charge in [0.05, 0.1) is 19.6 Å². The summed E-state index contributed by atoms with van der Waals surface area (Å²) in [5.74, 6) is -0.00693. The molecule has 4 atom stereocenters. The molecule has 0 amide bonds. The van der Waals surface area contributed by atoms with Gasteiger partial charge in [-0.05, 0) is 60.3 Å². The predicted molar refractivity (Wildman–Crippen MR) is 118 cm³/mol. The van der Waals surface area contributed by atoms with Crippen LogP contribution in [-0.4, -0.2) is 52.0 Å². The van der Waals surface area contributed by atoms with E-state index in [2.05, 4.69) is 4.90 Å². The molecular formula is C25H29NO6. The van der Waals surface area contributed by atoms with Crippen molar-refractivity contribution in [3.8, 4) is 28.4 Å². The van der Waals surface area contributed by atoms with E-state index in [0.717, 1.165) is 43.4 Å². The predicted octanol–water partition coefficient (Wildman–Crippen LogP) is 3.81. The quantitative estimate of drug-likeness (QED) is 0.581. The first-order valence-electron chi connectivity index (χ1n) is 11.3. The summed E-state index contributed by atoms with van der Waals surface area (Å²) in [5, 5.41) is 32.1. The molecule has 0 aromatic heterocycles. The van der Waals surface area contributed by atoms with Gasteiger partial charge in [-0.15, -0.1) is 0 Å². The highest BCUT2D eigenvalue weighted by Crippen LogP contribution is 2.48. The number of benzene rings is 2. The van der Waals surface area contributed by atoms with Gasteiger partial charge in [-0.2, -0.15) is 0 Å². The van der Waals surface area contributed by atoms with Crippen molar-refractivity contribution in [2.75, 3.05) is 13.7 Å². The molecule has 0 unspecified atom stereocenters. The first-order valence-corrected chi connectivity index (χ1v) is 11.3. The van der Waals surface area contributed by atoms with Gasteiger partial charge in [0.25, 0.3) is 0 Å².